The second kappa shape index (κ2) is 10.4. The lowest BCUT2D eigenvalue weighted by atomic mass is 10.0. The van der Waals surface area contributed by atoms with E-state index in [1.807, 2.05) is 18.2 Å². The number of esters is 1. The molecule has 0 spiro atoms. The lowest BCUT2D eigenvalue weighted by molar-refractivity contribution is -0.123. The zero-order chi connectivity index (χ0) is 22.2. The summed E-state index contributed by atoms with van der Waals surface area (Å²) in [5.74, 6) is -1.27. The average Bonchev–Trinajstić information content (AvgIpc) is 2.82. The van der Waals surface area contributed by atoms with E-state index in [1.165, 1.54) is 31.4 Å². The number of carbonyl (C=O) groups excluding carboxylic acids is 3. The normalized spacial score (nSPS) is 11.3. The smallest absolute Gasteiger partial charge is 0.337 e. The van der Waals surface area contributed by atoms with Gasteiger partial charge >= 0.3 is 5.97 Å². The van der Waals surface area contributed by atoms with Crippen molar-refractivity contribution in [3.8, 4) is 0 Å². The summed E-state index contributed by atoms with van der Waals surface area (Å²) in [6, 6.07) is 21.2. The molecule has 0 bridgehead atoms. The Kier molecular flexibility index (Phi) is 7.40. The molecule has 2 amide bonds. The maximum atomic E-state index is 12.9. The number of rotatable bonds is 7. The molecule has 1 atom stereocenters. The van der Waals surface area contributed by atoms with Crippen LogP contribution in [-0.4, -0.2) is 24.9 Å². The first-order valence-corrected chi connectivity index (χ1v) is 9.92. The molecule has 158 valence electrons. The molecule has 0 aliphatic heterocycles. The van der Waals surface area contributed by atoms with Crippen LogP contribution in [-0.2, 0) is 16.1 Å². The summed E-state index contributed by atoms with van der Waals surface area (Å²) in [7, 11) is 1.29. The van der Waals surface area contributed by atoms with Crippen molar-refractivity contribution < 1.29 is 19.1 Å². The van der Waals surface area contributed by atoms with Gasteiger partial charge < -0.3 is 15.4 Å². The molecule has 2 N–H and O–H groups in total. The van der Waals surface area contributed by atoms with Crippen LogP contribution in [0.25, 0.3) is 0 Å². The first-order chi connectivity index (χ1) is 15.0. The van der Waals surface area contributed by atoms with Crippen molar-refractivity contribution in [3.63, 3.8) is 0 Å². The van der Waals surface area contributed by atoms with E-state index in [-0.39, 0.29) is 5.91 Å². The van der Waals surface area contributed by atoms with Gasteiger partial charge in [0.25, 0.3) is 5.91 Å². The minimum Gasteiger partial charge on any atom is -0.465 e. The van der Waals surface area contributed by atoms with Gasteiger partial charge in [0, 0.05) is 17.1 Å². The Morgan fingerprint density at radius 3 is 2.10 bits per heavy atom. The zero-order valence-corrected chi connectivity index (χ0v) is 17.6. The Hall–Kier alpha value is -3.64. The first-order valence-electron chi connectivity index (χ1n) is 9.54. The lowest BCUT2D eigenvalue weighted by Crippen LogP contribution is -2.40. The molecule has 0 saturated carbocycles. The second-order valence-electron chi connectivity index (χ2n) is 6.73. The Labute approximate surface area is 185 Å². The van der Waals surface area contributed by atoms with E-state index in [0.29, 0.717) is 28.3 Å². The molecule has 31 heavy (non-hydrogen) atoms. The van der Waals surface area contributed by atoms with E-state index in [4.69, 9.17) is 11.6 Å². The van der Waals surface area contributed by atoms with Crippen molar-refractivity contribution in [2.24, 2.45) is 0 Å². The van der Waals surface area contributed by atoms with Crippen LogP contribution >= 0.6 is 11.6 Å². The number of nitrogens with one attached hydrogen (secondary N) is 2. The van der Waals surface area contributed by atoms with Crippen LogP contribution in [0.3, 0.4) is 0 Å². The van der Waals surface area contributed by atoms with Gasteiger partial charge in [-0.3, -0.25) is 9.59 Å². The zero-order valence-electron chi connectivity index (χ0n) is 16.8. The van der Waals surface area contributed by atoms with Gasteiger partial charge in [-0.2, -0.15) is 0 Å². The van der Waals surface area contributed by atoms with E-state index in [0.717, 1.165) is 5.56 Å². The molecule has 0 saturated heterocycles. The van der Waals surface area contributed by atoms with Gasteiger partial charge in [0.15, 0.2) is 0 Å². The molecule has 3 rings (SSSR count). The summed E-state index contributed by atoms with van der Waals surface area (Å²) < 4.78 is 4.66. The van der Waals surface area contributed by atoms with Gasteiger partial charge in [-0.15, -0.1) is 0 Å². The molecular formula is C24H21ClN2O4. The molecule has 0 aromatic heterocycles. The molecule has 0 unspecified atom stereocenters. The predicted molar refractivity (Wildman–Crippen MR) is 118 cm³/mol. The van der Waals surface area contributed by atoms with Crippen molar-refractivity contribution in [3.05, 3.63) is 106 Å². The summed E-state index contributed by atoms with van der Waals surface area (Å²) >= 11 is 5.90. The highest BCUT2D eigenvalue weighted by Crippen LogP contribution is 2.16. The van der Waals surface area contributed by atoms with Crippen LogP contribution in [0.1, 0.15) is 37.9 Å². The fourth-order valence-electron chi connectivity index (χ4n) is 2.93. The van der Waals surface area contributed by atoms with E-state index >= 15 is 0 Å². The Bertz CT molecular complexity index is 1050. The number of hydrogen-bond donors (Lipinski definition) is 2. The van der Waals surface area contributed by atoms with Crippen LogP contribution in [0, 0.1) is 0 Å². The van der Waals surface area contributed by atoms with Crippen LogP contribution < -0.4 is 10.6 Å². The fraction of sp³-hybridized carbons (Fsp3) is 0.125. The highest BCUT2D eigenvalue weighted by molar-refractivity contribution is 6.30. The minimum atomic E-state index is -0.888. The van der Waals surface area contributed by atoms with Crippen molar-refractivity contribution in [1.82, 2.24) is 10.6 Å². The third-order valence-electron chi connectivity index (χ3n) is 4.62. The van der Waals surface area contributed by atoms with Crippen molar-refractivity contribution in [1.29, 1.82) is 0 Å². The molecule has 6 nitrogen and oxygen atoms in total. The summed E-state index contributed by atoms with van der Waals surface area (Å²) in [6.45, 7) is 0.295. The summed E-state index contributed by atoms with van der Waals surface area (Å²) in [5, 5.41) is 6.23. The highest BCUT2D eigenvalue weighted by Gasteiger charge is 2.23. The van der Waals surface area contributed by atoms with Gasteiger partial charge in [-0.1, -0.05) is 54.1 Å². The van der Waals surface area contributed by atoms with E-state index in [2.05, 4.69) is 15.4 Å². The van der Waals surface area contributed by atoms with Gasteiger partial charge in [-0.25, -0.2) is 4.79 Å². The monoisotopic (exact) mass is 436 g/mol. The lowest BCUT2D eigenvalue weighted by Gasteiger charge is -2.19. The molecule has 3 aromatic carbocycles. The quantitative estimate of drug-likeness (QED) is 0.550. The number of carbonyl (C=O) groups is 3. The minimum absolute atomic E-state index is 0.295. The number of hydrogen-bond acceptors (Lipinski definition) is 4. The van der Waals surface area contributed by atoms with E-state index < -0.39 is 17.9 Å². The first kappa shape index (κ1) is 22.1. The second-order valence-corrected chi connectivity index (χ2v) is 7.17. The Balaban J connectivity index is 1.74. The maximum Gasteiger partial charge on any atom is 0.337 e. The molecule has 7 heteroatoms. The number of methoxy groups -OCH3 is 1. The number of amides is 2. The van der Waals surface area contributed by atoms with Crippen LogP contribution in [0.2, 0.25) is 5.02 Å². The molecule has 0 heterocycles. The third kappa shape index (κ3) is 5.93. The fourth-order valence-corrected chi connectivity index (χ4v) is 3.06. The molecule has 3 aromatic rings. The largest absolute Gasteiger partial charge is 0.465 e. The van der Waals surface area contributed by atoms with Crippen molar-refractivity contribution in [2.45, 2.75) is 12.6 Å². The van der Waals surface area contributed by atoms with Crippen LogP contribution in [0.15, 0.2) is 78.9 Å². The van der Waals surface area contributed by atoms with Gasteiger partial charge in [0.2, 0.25) is 5.91 Å². The Morgan fingerprint density at radius 1 is 0.871 bits per heavy atom. The average molecular weight is 437 g/mol. The van der Waals surface area contributed by atoms with E-state index in [1.54, 1.807) is 36.4 Å². The van der Waals surface area contributed by atoms with Crippen LogP contribution in [0.4, 0.5) is 0 Å². The maximum absolute atomic E-state index is 12.9. The third-order valence-corrected chi connectivity index (χ3v) is 4.87. The molecule has 0 aliphatic carbocycles. The molecule has 0 radical (unpaired) electrons. The van der Waals surface area contributed by atoms with Gasteiger partial charge in [0.1, 0.15) is 6.04 Å². The van der Waals surface area contributed by atoms with Gasteiger partial charge in [-0.05, 0) is 47.5 Å². The van der Waals surface area contributed by atoms with Crippen LogP contribution in [0.5, 0.6) is 0 Å². The SMILES string of the molecule is COC(=O)c1ccc(C(=O)N[C@@H](C(=O)NCc2ccc(Cl)cc2)c2ccccc2)cc1. The topological polar surface area (TPSA) is 84.5 Å². The summed E-state index contributed by atoms with van der Waals surface area (Å²) in [5.41, 5.74) is 2.18. The molecule has 0 fully saturated rings. The highest BCUT2D eigenvalue weighted by atomic mass is 35.5. The van der Waals surface area contributed by atoms with Gasteiger partial charge in [0.05, 0.1) is 12.7 Å². The number of ether oxygens (including phenoxy) is 1. The van der Waals surface area contributed by atoms with E-state index in [9.17, 15) is 14.4 Å². The molecular weight excluding hydrogens is 416 g/mol. The predicted octanol–water partition coefficient (Wildman–Crippen LogP) is 3.91. The standard InChI is InChI=1S/C24H21ClN2O4/c1-31-24(30)19-11-9-18(10-12-19)22(28)27-21(17-5-3-2-4-6-17)23(29)26-15-16-7-13-20(25)14-8-16/h2-14,21H,15H2,1H3,(H,26,29)(H,27,28)/t21-/m1/s1. The van der Waals surface area contributed by atoms with Crippen molar-refractivity contribution in [2.75, 3.05) is 7.11 Å². The Morgan fingerprint density at radius 2 is 1.48 bits per heavy atom. The number of halogens is 1. The molecule has 0 aliphatic rings. The van der Waals surface area contributed by atoms with Crippen molar-refractivity contribution >= 4 is 29.4 Å². The number of benzene rings is 3. The summed E-state index contributed by atoms with van der Waals surface area (Å²) in [4.78, 5) is 37.3. The summed E-state index contributed by atoms with van der Waals surface area (Å²) in [6.07, 6.45) is 0.